The van der Waals surface area contributed by atoms with E-state index >= 15 is 0 Å². The smallest absolute Gasteiger partial charge is 0.0346 e. The summed E-state index contributed by atoms with van der Waals surface area (Å²) in [4.78, 5) is 8.27. The van der Waals surface area contributed by atoms with Gasteiger partial charge in [-0.25, -0.2) is 0 Å². The molecule has 2 heterocycles. The second-order valence-electron chi connectivity index (χ2n) is 3.99. The van der Waals surface area contributed by atoms with Crippen molar-refractivity contribution in [1.82, 2.24) is 9.97 Å². The Morgan fingerprint density at radius 3 is 1.72 bits per heavy atom. The van der Waals surface area contributed by atoms with Crippen molar-refractivity contribution in [2.75, 3.05) is 0 Å². The molecule has 0 aliphatic rings. The van der Waals surface area contributed by atoms with Crippen molar-refractivity contribution in [2.45, 2.75) is 0 Å². The quantitative estimate of drug-likeness (QED) is 0.673. The predicted molar refractivity (Wildman–Crippen MR) is 71.7 cm³/mol. The first-order valence-electron chi connectivity index (χ1n) is 5.75. The first-order valence-corrected chi connectivity index (χ1v) is 5.75. The van der Waals surface area contributed by atoms with Crippen molar-refractivity contribution in [2.24, 2.45) is 0 Å². The maximum absolute atomic E-state index is 4.14. The number of benzene rings is 1. The van der Waals surface area contributed by atoms with Crippen LogP contribution in [0.2, 0.25) is 0 Å². The zero-order valence-corrected chi connectivity index (χ0v) is 9.75. The molecule has 0 N–H and O–H groups in total. The Balaban J connectivity index is 2.05. The molecule has 0 saturated heterocycles. The lowest BCUT2D eigenvalue weighted by Gasteiger charge is -2.04. The summed E-state index contributed by atoms with van der Waals surface area (Å²) in [5.41, 5.74) is 4.42. The zero-order valence-electron chi connectivity index (χ0n) is 9.75. The molecule has 0 aliphatic heterocycles. The maximum Gasteiger partial charge on any atom is 0.0346 e. The van der Waals surface area contributed by atoms with Crippen LogP contribution >= 0.6 is 0 Å². The van der Waals surface area contributed by atoms with E-state index in [0.717, 1.165) is 22.3 Å². The van der Waals surface area contributed by atoms with Gasteiger partial charge in [0.2, 0.25) is 0 Å². The van der Waals surface area contributed by atoms with E-state index in [0.29, 0.717) is 0 Å². The topological polar surface area (TPSA) is 25.8 Å². The number of hydrogen-bond donors (Lipinski definition) is 0. The van der Waals surface area contributed by atoms with Gasteiger partial charge in [0.25, 0.3) is 0 Å². The number of aromatic nitrogens is 2. The van der Waals surface area contributed by atoms with Gasteiger partial charge in [0.05, 0.1) is 0 Å². The molecular formula is C16H11N2. The van der Waals surface area contributed by atoms with Crippen LogP contribution in [0.4, 0.5) is 0 Å². The minimum atomic E-state index is 1.10. The second kappa shape index (κ2) is 4.80. The number of rotatable bonds is 2. The van der Waals surface area contributed by atoms with Crippen LogP contribution in [0.3, 0.4) is 0 Å². The van der Waals surface area contributed by atoms with E-state index in [-0.39, 0.29) is 0 Å². The summed E-state index contributed by atoms with van der Waals surface area (Å²) >= 11 is 0. The van der Waals surface area contributed by atoms with Gasteiger partial charge < -0.3 is 0 Å². The molecule has 2 heteroatoms. The molecule has 1 aromatic carbocycles. The van der Waals surface area contributed by atoms with E-state index in [1.54, 1.807) is 12.4 Å². The van der Waals surface area contributed by atoms with Gasteiger partial charge in [-0.3, -0.25) is 9.97 Å². The van der Waals surface area contributed by atoms with Crippen molar-refractivity contribution in [3.8, 4) is 22.3 Å². The molecular weight excluding hydrogens is 220 g/mol. The van der Waals surface area contributed by atoms with E-state index in [9.17, 15) is 0 Å². The van der Waals surface area contributed by atoms with E-state index < -0.39 is 0 Å². The van der Waals surface area contributed by atoms with Crippen LogP contribution in [-0.4, -0.2) is 9.97 Å². The fraction of sp³-hybridized carbons (Fsp3) is 0. The van der Waals surface area contributed by atoms with Gasteiger partial charge in [0.1, 0.15) is 0 Å². The molecule has 2 aromatic heterocycles. The van der Waals surface area contributed by atoms with Crippen LogP contribution in [0, 0.1) is 6.07 Å². The van der Waals surface area contributed by atoms with Crippen molar-refractivity contribution in [1.29, 1.82) is 0 Å². The van der Waals surface area contributed by atoms with Crippen LogP contribution < -0.4 is 0 Å². The third-order valence-electron chi connectivity index (χ3n) is 2.78. The molecule has 0 bridgehead atoms. The molecule has 0 saturated carbocycles. The Kier molecular flexibility index (Phi) is 2.84. The Morgan fingerprint density at radius 2 is 1.28 bits per heavy atom. The van der Waals surface area contributed by atoms with Gasteiger partial charge in [0.15, 0.2) is 0 Å². The number of pyridine rings is 2. The molecule has 0 amide bonds. The minimum Gasteiger partial charge on any atom is -0.264 e. The Bertz CT molecular complexity index is 579. The molecule has 0 spiro atoms. The van der Waals surface area contributed by atoms with Crippen LogP contribution in [0.25, 0.3) is 22.3 Å². The molecule has 2 nitrogen and oxygen atoms in total. The summed E-state index contributed by atoms with van der Waals surface area (Å²) in [6, 6.07) is 17.2. The summed E-state index contributed by atoms with van der Waals surface area (Å²) in [7, 11) is 0. The number of hydrogen-bond acceptors (Lipinski definition) is 2. The lowest BCUT2D eigenvalue weighted by atomic mass is 10.0. The second-order valence-corrected chi connectivity index (χ2v) is 3.99. The molecule has 3 aromatic rings. The van der Waals surface area contributed by atoms with E-state index in [2.05, 4.69) is 22.1 Å². The average molecular weight is 231 g/mol. The molecule has 0 aliphatic carbocycles. The minimum absolute atomic E-state index is 1.10. The first kappa shape index (κ1) is 10.7. The van der Waals surface area contributed by atoms with E-state index in [1.807, 2.05) is 48.8 Å². The Morgan fingerprint density at radius 1 is 0.722 bits per heavy atom. The molecule has 0 fully saturated rings. The largest absolute Gasteiger partial charge is 0.264 e. The Labute approximate surface area is 106 Å². The fourth-order valence-electron chi connectivity index (χ4n) is 1.87. The standard InChI is InChI=1S/C16H11N2/c1-4-13(15-6-2-8-17-11-15)10-14(5-1)16-7-3-9-18-12-16/h2-12H. The summed E-state index contributed by atoms with van der Waals surface area (Å²) < 4.78 is 0. The van der Waals surface area contributed by atoms with Crippen molar-refractivity contribution in [3.05, 3.63) is 73.3 Å². The van der Waals surface area contributed by atoms with Crippen LogP contribution in [0.15, 0.2) is 67.3 Å². The van der Waals surface area contributed by atoms with Crippen LogP contribution in [0.1, 0.15) is 0 Å². The van der Waals surface area contributed by atoms with Gasteiger partial charge in [-0.1, -0.05) is 12.1 Å². The van der Waals surface area contributed by atoms with Crippen LogP contribution in [0.5, 0.6) is 0 Å². The Hall–Kier alpha value is -2.48. The predicted octanol–water partition coefficient (Wildman–Crippen LogP) is 3.61. The molecule has 85 valence electrons. The molecule has 1 radical (unpaired) electrons. The van der Waals surface area contributed by atoms with Crippen LogP contribution in [-0.2, 0) is 0 Å². The van der Waals surface area contributed by atoms with Gasteiger partial charge in [0, 0.05) is 35.9 Å². The molecule has 0 atom stereocenters. The SMILES string of the molecule is [c]1cc(-c2cccnc2)cc(-c2cccnc2)c1. The highest BCUT2D eigenvalue weighted by atomic mass is 14.6. The molecule has 18 heavy (non-hydrogen) atoms. The highest BCUT2D eigenvalue weighted by Gasteiger charge is 2.01. The van der Waals surface area contributed by atoms with Crippen molar-refractivity contribution < 1.29 is 0 Å². The lowest BCUT2D eigenvalue weighted by molar-refractivity contribution is 1.32. The monoisotopic (exact) mass is 231 g/mol. The zero-order chi connectivity index (χ0) is 12.2. The summed E-state index contributed by atoms with van der Waals surface area (Å²) in [6.07, 6.45) is 7.27. The van der Waals surface area contributed by atoms with Gasteiger partial charge in [-0.2, -0.15) is 0 Å². The molecule has 3 rings (SSSR count). The van der Waals surface area contributed by atoms with Crippen molar-refractivity contribution in [3.63, 3.8) is 0 Å². The van der Waals surface area contributed by atoms with E-state index in [4.69, 9.17) is 0 Å². The van der Waals surface area contributed by atoms with Gasteiger partial charge in [-0.15, -0.1) is 0 Å². The van der Waals surface area contributed by atoms with Gasteiger partial charge in [-0.05, 0) is 47.5 Å². The highest BCUT2D eigenvalue weighted by Crippen LogP contribution is 2.24. The third-order valence-corrected chi connectivity index (χ3v) is 2.78. The maximum atomic E-state index is 4.14. The van der Waals surface area contributed by atoms with Crippen molar-refractivity contribution >= 4 is 0 Å². The lowest BCUT2D eigenvalue weighted by Crippen LogP contribution is -1.83. The third kappa shape index (κ3) is 2.13. The number of nitrogens with zero attached hydrogens (tertiary/aromatic N) is 2. The fourth-order valence-corrected chi connectivity index (χ4v) is 1.87. The molecule has 0 unspecified atom stereocenters. The summed E-state index contributed by atoms with van der Waals surface area (Å²) in [5.74, 6) is 0. The van der Waals surface area contributed by atoms with Gasteiger partial charge >= 0.3 is 0 Å². The average Bonchev–Trinajstić information content (AvgIpc) is 2.49. The summed E-state index contributed by atoms with van der Waals surface area (Å²) in [6.45, 7) is 0. The summed E-state index contributed by atoms with van der Waals surface area (Å²) in [5, 5.41) is 0. The first-order chi connectivity index (χ1) is 8.93. The highest BCUT2D eigenvalue weighted by molar-refractivity contribution is 5.71. The normalized spacial score (nSPS) is 10.2. The van der Waals surface area contributed by atoms with E-state index in [1.165, 1.54) is 0 Å².